The minimum atomic E-state index is -0.924. The molecular formula is C33H57N6P. The Morgan fingerprint density at radius 2 is 0.625 bits per heavy atom. The lowest BCUT2D eigenvalue weighted by Gasteiger charge is -2.25. The van der Waals surface area contributed by atoms with Gasteiger partial charge in [0.2, 0.25) is 0 Å². The molecule has 0 bridgehead atoms. The van der Waals surface area contributed by atoms with Gasteiger partial charge in [-0.1, -0.05) is 83.1 Å². The van der Waals surface area contributed by atoms with Crippen LogP contribution in [0.2, 0.25) is 0 Å². The van der Waals surface area contributed by atoms with Crippen LogP contribution in [0.15, 0.2) is 0 Å². The van der Waals surface area contributed by atoms with Gasteiger partial charge in [0.15, 0.2) is 0 Å². The molecule has 40 heavy (non-hydrogen) atoms. The molecule has 3 aromatic heterocycles. The van der Waals surface area contributed by atoms with Crippen LogP contribution in [0, 0.1) is 35.5 Å². The molecule has 0 aliphatic carbocycles. The summed E-state index contributed by atoms with van der Waals surface area (Å²) in [7, 11) is -0.924. The zero-order valence-electron chi connectivity index (χ0n) is 27.5. The summed E-state index contributed by atoms with van der Waals surface area (Å²) in [6.07, 6.45) is 5.89. The fourth-order valence-corrected chi connectivity index (χ4v) is 8.71. The Bertz CT molecular complexity index is 963. The molecule has 0 aliphatic heterocycles. The number of aromatic nitrogens is 6. The van der Waals surface area contributed by atoms with Crippen molar-refractivity contribution in [2.24, 2.45) is 35.5 Å². The Hall–Kier alpha value is -1.94. The Balaban J connectivity index is 2.47. The number of aromatic amines is 3. The largest absolute Gasteiger partial charge is 0.282 e. The minimum Gasteiger partial charge on any atom is -0.282 e. The van der Waals surface area contributed by atoms with Crippen molar-refractivity contribution in [1.29, 1.82) is 0 Å². The highest BCUT2D eigenvalue weighted by Crippen LogP contribution is 2.41. The van der Waals surface area contributed by atoms with E-state index in [-0.39, 0.29) is 0 Å². The summed E-state index contributed by atoms with van der Waals surface area (Å²) >= 11 is 0. The molecule has 0 amide bonds. The van der Waals surface area contributed by atoms with E-state index in [1.54, 1.807) is 0 Å². The number of hydrogen-bond donors (Lipinski definition) is 3. The predicted octanol–water partition coefficient (Wildman–Crippen LogP) is 6.81. The lowest BCUT2D eigenvalue weighted by molar-refractivity contribution is 0.630. The van der Waals surface area contributed by atoms with E-state index in [0.29, 0.717) is 35.5 Å². The number of nitrogens with one attached hydrogen (secondary N) is 3. The number of rotatable bonds is 15. The third-order valence-electron chi connectivity index (χ3n) is 6.97. The van der Waals surface area contributed by atoms with E-state index in [2.05, 4.69) is 98.4 Å². The van der Waals surface area contributed by atoms with Crippen molar-refractivity contribution in [3.63, 3.8) is 0 Å². The molecule has 7 heteroatoms. The van der Waals surface area contributed by atoms with E-state index < -0.39 is 7.92 Å². The van der Waals surface area contributed by atoms with E-state index in [9.17, 15) is 0 Å². The second kappa shape index (κ2) is 14.3. The van der Waals surface area contributed by atoms with Gasteiger partial charge in [-0.05, 0) is 82.0 Å². The zero-order chi connectivity index (χ0) is 29.7. The molecule has 0 aromatic carbocycles. The van der Waals surface area contributed by atoms with Gasteiger partial charge in [0.05, 0.1) is 17.1 Å². The molecule has 0 spiro atoms. The van der Waals surface area contributed by atoms with E-state index in [0.717, 1.165) is 38.5 Å². The maximum Gasteiger partial charge on any atom is 0.0710 e. The number of hydrogen-bond acceptors (Lipinski definition) is 3. The van der Waals surface area contributed by atoms with Gasteiger partial charge in [-0.2, -0.15) is 15.3 Å². The molecule has 0 aliphatic rings. The highest BCUT2D eigenvalue weighted by Gasteiger charge is 2.36. The molecule has 0 saturated heterocycles. The van der Waals surface area contributed by atoms with Crippen molar-refractivity contribution in [2.75, 3.05) is 0 Å². The third-order valence-corrected chi connectivity index (χ3v) is 9.89. The predicted molar refractivity (Wildman–Crippen MR) is 173 cm³/mol. The Kier molecular flexibility index (Phi) is 11.6. The average Bonchev–Trinajstić information content (AvgIpc) is 3.47. The van der Waals surface area contributed by atoms with Crippen molar-refractivity contribution in [3.8, 4) is 0 Å². The SMILES string of the molecule is CC(C)Cc1n[nH]c(CC(C)C)c1P(c1c(CC(C)C)n[nH]c1CC(C)C)c1c(CC(C)C)n[nH]c1CC(C)C. The van der Waals surface area contributed by atoms with Gasteiger partial charge in [-0.25, -0.2) is 0 Å². The van der Waals surface area contributed by atoms with Gasteiger partial charge in [0, 0.05) is 33.0 Å². The van der Waals surface area contributed by atoms with Gasteiger partial charge < -0.3 is 0 Å². The van der Waals surface area contributed by atoms with Crippen LogP contribution in [0.25, 0.3) is 0 Å². The summed E-state index contributed by atoms with van der Waals surface area (Å²) < 4.78 is 0. The molecule has 6 nitrogen and oxygen atoms in total. The first kappa shape index (κ1) is 32.6. The number of nitrogens with zero attached hydrogens (tertiary/aromatic N) is 3. The molecule has 0 unspecified atom stereocenters. The zero-order valence-corrected chi connectivity index (χ0v) is 28.4. The molecule has 3 rings (SSSR count). The van der Waals surface area contributed by atoms with Crippen LogP contribution in [0.1, 0.15) is 117 Å². The van der Waals surface area contributed by atoms with Crippen molar-refractivity contribution in [2.45, 2.75) is 122 Å². The fraction of sp³-hybridized carbons (Fsp3) is 0.727. The molecular weight excluding hydrogens is 511 g/mol. The molecule has 3 N–H and O–H groups in total. The Labute approximate surface area is 245 Å². The minimum absolute atomic E-state index is 0.523. The lowest BCUT2D eigenvalue weighted by Crippen LogP contribution is -2.32. The smallest absolute Gasteiger partial charge is 0.0710 e. The maximum absolute atomic E-state index is 5.04. The summed E-state index contributed by atoms with van der Waals surface area (Å²) in [6, 6.07) is 0. The highest BCUT2D eigenvalue weighted by molar-refractivity contribution is 7.80. The van der Waals surface area contributed by atoms with Crippen LogP contribution >= 0.6 is 7.92 Å². The van der Waals surface area contributed by atoms with Crippen molar-refractivity contribution < 1.29 is 0 Å². The Morgan fingerprint density at radius 3 is 0.825 bits per heavy atom. The molecule has 0 radical (unpaired) electrons. The summed E-state index contributed by atoms with van der Waals surface area (Å²) in [5.41, 5.74) is 7.60. The van der Waals surface area contributed by atoms with E-state index in [1.807, 2.05) is 0 Å². The first-order chi connectivity index (χ1) is 18.8. The van der Waals surface area contributed by atoms with Gasteiger partial charge in [-0.3, -0.25) is 15.3 Å². The van der Waals surface area contributed by atoms with Crippen LogP contribution in [0.5, 0.6) is 0 Å². The van der Waals surface area contributed by atoms with Crippen LogP contribution in [0.4, 0.5) is 0 Å². The van der Waals surface area contributed by atoms with E-state index in [1.165, 1.54) is 50.1 Å². The lowest BCUT2D eigenvalue weighted by atomic mass is 10.0. The van der Waals surface area contributed by atoms with E-state index >= 15 is 0 Å². The van der Waals surface area contributed by atoms with Gasteiger partial charge in [0.1, 0.15) is 0 Å². The van der Waals surface area contributed by atoms with Crippen molar-refractivity contribution in [3.05, 3.63) is 34.2 Å². The molecule has 3 aromatic rings. The summed E-state index contributed by atoms with van der Waals surface area (Å²) in [5.74, 6) is 3.17. The first-order valence-corrected chi connectivity index (χ1v) is 17.1. The average molecular weight is 569 g/mol. The maximum atomic E-state index is 5.04. The topological polar surface area (TPSA) is 86.0 Å². The van der Waals surface area contributed by atoms with Gasteiger partial charge in [-0.15, -0.1) is 0 Å². The molecule has 224 valence electrons. The van der Waals surface area contributed by atoms with Crippen LogP contribution in [-0.4, -0.2) is 30.6 Å². The van der Waals surface area contributed by atoms with Crippen molar-refractivity contribution in [1.82, 2.24) is 30.6 Å². The molecule has 0 fully saturated rings. The molecule has 3 heterocycles. The van der Waals surface area contributed by atoms with E-state index in [4.69, 9.17) is 15.3 Å². The second-order valence-corrected chi connectivity index (χ2v) is 16.4. The Morgan fingerprint density at radius 1 is 0.400 bits per heavy atom. The second-order valence-electron chi connectivity index (χ2n) is 14.4. The quantitative estimate of drug-likeness (QED) is 0.176. The van der Waals surface area contributed by atoms with Gasteiger partial charge >= 0.3 is 0 Å². The van der Waals surface area contributed by atoms with Crippen molar-refractivity contribution >= 4 is 23.8 Å². The fourth-order valence-electron chi connectivity index (χ4n) is 5.61. The standard InChI is InChI=1S/C33H57N6P/c1-19(2)13-25-31(26(35-34-25)14-20(3)4)40(32-27(15-21(5)6)36-37-28(32)16-22(7)8)33-29(17-23(9)10)38-39-30(33)18-24(11)12/h19-24H,13-18H2,1-12H3,(H,34,35)(H,36,37)(H,38,39). The normalized spacial score (nSPS) is 12.7. The first-order valence-electron chi connectivity index (χ1n) is 15.8. The van der Waals surface area contributed by atoms with Gasteiger partial charge in [0.25, 0.3) is 0 Å². The van der Waals surface area contributed by atoms with Crippen LogP contribution < -0.4 is 15.9 Å². The number of H-pyrrole nitrogens is 3. The summed E-state index contributed by atoms with van der Waals surface area (Å²) in [4.78, 5) is 0. The third kappa shape index (κ3) is 8.30. The van der Waals surface area contributed by atoms with Crippen LogP contribution in [-0.2, 0) is 38.5 Å². The van der Waals surface area contributed by atoms with Crippen LogP contribution in [0.3, 0.4) is 0 Å². The monoisotopic (exact) mass is 568 g/mol. The highest BCUT2D eigenvalue weighted by atomic mass is 31.1. The molecule has 0 saturated carbocycles. The summed E-state index contributed by atoms with van der Waals surface area (Å²) in [6.45, 7) is 27.7. The molecule has 0 atom stereocenters. The summed E-state index contributed by atoms with van der Waals surface area (Å²) in [5, 5.41) is 30.1.